The molecule has 2 aromatic heterocycles. The second-order valence-electron chi connectivity index (χ2n) is 11.9. The van der Waals surface area contributed by atoms with Crippen molar-refractivity contribution in [2.24, 2.45) is 12.0 Å². The molecule has 3 heterocycles. The van der Waals surface area contributed by atoms with Crippen LogP contribution in [0.1, 0.15) is 57.1 Å². The Hall–Kier alpha value is -5.43. The van der Waals surface area contributed by atoms with Crippen LogP contribution in [0.4, 0.5) is 17.1 Å². The highest BCUT2D eigenvalue weighted by Gasteiger charge is 2.20. The van der Waals surface area contributed by atoms with Crippen molar-refractivity contribution in [2.75, 3.05) is 52.0 Å². The zero-order valence-electron chi connectivity index (χ0n) is 27.7. The number of methoxy groups -OCH3 is 1. The van der Waals surface area contributed by atoms with Gasteiger partial charge in [0.05, 0.1) is 25.1 Å². The molecule has 0 bridgehead atoms. The molecule has 2 N–H and O–H groups in total. The third-order valence-corrected chi connectivity index (χ3v) is 8.12. The van der Waals surface area contributed by atoms with Crippen LogP contribution in [0.2, 0.25) is 0 Å². The molecule has 1 fully saturated rings. The highest BCUT2D eigenvalue weighted by molar-refractivity contribution is 6.05. The number of nitrogens with zero attached hydrogens (tertiary/aromatic N) is 4. The zero-order valence-corrected chi connectivity index (χ0v) is 27.7. The summed E-state index contributed by atoms with van der Waals surface area (Å²) in [6, 6.07) is 11.8. The molecule has 0 aliphatic carbocycles. The summed E-state index contributed by atoms with van der Waals surface area (Å²) in [7, 11) is 8.55. The average molecular weight is 657 g/mol. The molecular weight excluding hydrogens is 616 g/mol. The number of furan rings is 1. The van der Waals surface area contributed by atoms with E-state index in [1.54, 1.807) is 74.4 Å². The quantitative estimate of drug-likeness (QED) is 0.114. The highest BCUT2D eigenvalue weighted by atomic mass is 16.5. The minimum atomic E-state index is -0.368. The summed E-state index contributed by atoms with van der Waals surface area (Å²) in [4.78, 5) is 58.0. The van der Waals surface area contributed by atoms with E-state index >= 15 is 0 Å². The van der Waals surface area contributed by atoms with Gasteiger partial charge in [0.1, 0.15) is 11.3 Å². The number of aliphatic imine (C=N–C) groups is 1. The molecule has 4 aromatic rings. The second-order valence-corrected chi connectivity index (χ2v) is 11.9. The number of hydrogen-bond acceptors (Lipinski definition) is 9. The standard InChI is InChI=1S/C35H40N6O7/c1-39(2)35(45)32-15-22-14-24(10-11-29(22)48-32)38-34(44)28-17-25(20-41(28)4)37-33(43)9-7-13-47-31-18-27(23(21-42)16-30(31)46-5)36-19-26-8-6-12-40(26)3/h10-11,14-21,26H,6-9,12-13H2,1-5H3,(H,37,43)(H,38,44). The number of ether oxygens (including phenoxy) is 2. The highest BCUT2D eigenvalue weighted by Crippen LogP contribution is 2.35. The van der Waals surface area contributed by atoms with Crippen molar-refractivity contribution in [1.82, 2.24) is 14.4 Å². The number of hydrogen-bond donors (Lipinski definition) is 2. The van der Waals surface area contributed by atoms with Gasteiger partial charge in [-0.3, -0.25) is 29.1 Å². The van der Waals surface area contributed by atoms with E-state index in [0.29, 0.717) is 57.2 Å². The first-order valence-electron chi connectivity index (χ1n) is 15.6. The first-order chi connectivity index (χ1) is 23.1. The van der Waals surface area contributed by atoms with Crippen molar-refractivity contribution in [3.05, 3.63) is 65.7 Å². The Bertz CT molecular complexity index is 1860. The predicted octanol–water partition coefficient (Wildman–Crippen LogP) is 5.14. The van der Waals surface area contributed by atoms with Crippen LogP contribution in [0.3, 0.4) is 0 Å². The number of aromatic nitrogens is 1. The van der Waals surface area contributed by atoms with Crippen molar-refractivity contribution in [2.45, 2.75) is 31.7 Å². The average Bonchev–Trinajstić information content (AvgIpc) is 3.78. The van der Waals surface area contributed by atoms with Gasteiger partial charge in [0.25, 0.3) is 11.8 Å². The minimum Gasteiger partial charge on any atom is -0.493 e. The monoisotopic (exact) mass is 656 g/mol. The van der Waals surface area contributed by atoms with Gasteiger partial charge in [-0.05, 0) is 69.3 Å². The van der Waals surface area contributed by atoms with Crippen LogP contribution in [-0.2, 0) is 11.8 Å². The first-order valence-corrected chi connectivity index (χ1v) is 15.6. The number of likely N-dealkylation sites (tertiary alicyclic amines) is 1. The van der Waals surface area contributed by atoms with Gasteiger partial charge in [0.2, 0.25) is 5.91 Å². The number of fused-ring (bicyclic) bond motifs is 1. The van der Waals surface area contributed by atoms with Crippen molar-refractivity contribution in [1.29, 1.82) is 0 Å². The van der Waals surface area contributed by atoms with E-state index in [2.05, 4.69) is 27.6 Å². The van der Waals surface area contributed by atoms with Crippen LogP contribution in [0.15, 0.2) is 58.1 Å². The molecular formula is C35H40N6O7. The molecule has 1 aliphatic rings. The van der Waals surface area contributed by atoms with Crippen molar-refractivity contribution >= 4 is 58.3 Å². The van der Waals surface area contributed by atoms with E-state index < -0.39 is 0 Å². The van der Waals surface area contributed by atoms with E-state index in [1.807, 2.05) is 6.21 Å². The van der Waals surface area contributed by atoms with Crippen molar-refractivity contribution < 1.29 is 33.1 Å². The first kappa shape index (κ1) is 33.9. The number of aryl methyl sites for hydroxylation is 1. The van der Waals surface area contributed by atoms with E-state index in [0.717, 1.165) is 25.7 Å². The number of carbonyl (C=O) groups is 4. The molecule has 0 saturated carbocycles. The molecule has 2 aromatic carbocycles. The number of carbonyl (C=O) groups excluding carboxylic acids is 4. The van der Waals surface area contributed by atoms with Gasteiger partial charge < -0.3 is 34.0 Å². The smallest absolute Gasteiger partial charge is 0.289 e. The summed E-state index contributed by atoms with van der Waals surface area (Å²) in [6.45, 7) is 1.24. The van der Waals surface area contributed by atoms with Crippen molar-refractivity contribution in [3.63, 3.8) is 0 Å². The predicted molar refractivity (Wildman–Crippen MR) is 183 cm³/mol. The van der Waals surface area contributed by atoms with Gasteiger partial charge in [0, 0.05) is 68.7 Å². The lowest BCUT2D eigenvalue weighted by Crippen LogP contribution is -2.25. The third kappa shape index (κ3) is 7.92. The van der Waals surface area contributed by atoms with Crippen LogP contribution in [-0.4, -0.2) is 92.0 Å². The lowest BCUT2D eigenvalue weighted by molar-refractivity contribution is -0.116. The Labute approximate surface area is 278 Å². The molecule has 1 unspecified atom stereocenters. The second kappa shape index (κ2) is 15.0. The Morgan fingerprint density at radius 3 is 2.58 bits per heavy atom. The van der Waals surface area contributed by atoms with Gasteiger partial charge in [0.15, 0.2) is 23.5 Å². The molecule has 48 heavy (non-hydrogen) atoms. The fraction of sp³-hybridized carbons (Fsp3) is 0.343. The molecule has 0 radical (unpaired) electrons. The van der Waals surface area contributed by atoms with Crippen LogP contribution in [0, 0.1) is 0 Å². The Morgan fingerprint density at radius 2 is 1.88 bits per heavy atom. The number of rotatable bonds is 13. The maximum absolute atomic E-state index is 13.1. The maximum Gasteiger partial charge on any atom is 0.289 e. The van der Waals surface area contributed by atoms with Gasteiger partial charge in [-0.15, -0.1) is 0 Å². The third-order valence-electron chi connectivity index (χ3n) is 8.12. The number of nitrogens with one attached hydrogen (secondary N) is 2. The van der Waals surface area contributed by atoms with Crippen LogP contribution >= 0.6 is 0 Å². The molecule has 0 spiro atoms. The minimum absolute atomic E-state index is 0.174. The Kier molecular flexibility index (Phi) is 10.6. The lowest BCUT2D eigenvalue weighted by Gasteiger charge is -2.15. The largest absolute Gasteiger partial charge is 0.493 e. The molecule has 5 rings (SSSR count). The van der Waals surface area contributed by atoms with Crippen LogP contribution in [0.25, 0.3) is 11.0 Å². The molecule has 1 atom stereocenters. The summed E-state index contributed by atoms with van der Waals surface area (Å²) in [5.74, 6) is 0.190. The van der Waals surface area contributed by atoms with Gasteiger partial charge >= 0.3 is 0 Å². The molecule has 13 nitrogen and oxygen atoms in total. The van der Waals surface area contributed by atoms with E-state index in [9.17, 15) is 19.2 Å². The van der Waals surface area contributed by atoms with Crippen LogP contribution < -0.4 is 20.1 Å². The SMILES string of the molecule is COc1cc(C=O)c(N=CC2CCCN2C)cc1OCCCC(=O)Nc1cc(C(=O)Nc2ccc3oc(C(=O)N(C)C)cc3c2)n(C)c1. The number of anilines is 2. The van der Waals surface area contributed by atoms with E-state index in [4.69, 9.17) is 13.9 Å². The fourth-order valence-electron chi connectivity index (χ4n) is 5.47. The number of benzene rings is 2. The molecule has 3 amide bonds. The summed E-state index contributed by atoms with van der Waals surface area (Å²) >= 11 is 0. The molecule has 1 saturated heterocycles. The summed E-state index contributed by atoms with van der Waals surface area (Å²) in [6.07, 6.45) is 6.97. The van der Waals surface area contributed by atoms with Gasteiger partial charge in [-0.1, -0.05) is 0 Å². The molecule has 252 valence electrons. The van der Waals surface area contributed by atoms with Crippen molar-refractivity contribution in [3.8, 4) is 11.5 Å². The molecule has 1 aliphatic heterocycles. The maximum atomic E-state index is 13.1. The molecule has 13 heteroatoms. The lowest BCUT2D eigenvalue weighted by atomic mass is 10.1. The zero-order chi connectivity index (χ0) is 34.4. The number of amides is 3. The fourth-order valence-corrected chi connectivity index (χ4v) is 5.47. The number of aldehydes is 1. The normalized spacial score (nSPS) is 14.7. The summed E-state index contributed by atoms with van der Waals surface area (Å²) in [5.41, 5.74) is 2.78. The van der Waals surface area contributed by atoms with E-state index in [1.165, 1.54) is 12.0 Å². The van der Waals surface area contributed by atoms with Gasteiger partial charge in [-0.2, -0.15) is 0 Å². The van der Waals surface area contributed by atoms with E-state index in [-0.39, 0.29) is 42.6 Å². The van der Waals surface area contributed by atoms with Gasteiger partial charge in [-0.25, -0.2) is 0 Å². The Balaban J connectivity index is 1.14. The summed E-state index contributed by atoms with van der Waals surface area (Å²) < 4.78 is 18.6. The van der Waals surface area contributed by atoms with Crippen LogP contribution in [0.5, 0.6) is 11.5 Å². The summed E-state index contributed by atoms with van der Waals surface area (Å²) in [5, 5.41) is 6.37. The Morgan fingerprint density at radius 1 is 1.06 bits per heavy atom. The topological polar surface area (TPSA) is 148 Å².